The Morgan fingerprint density at radius 2 is 1.95 bits per heavy atom. The number of phenols is 1. The number of halogens is 1. The zero-order valence-electron chi connectivity index (χ0n) is 12.0. The number of nitrogens with one attached hydrogen (secondary N) is 1. The lowest BCUT2D eigenvalue weighted by atomic mass is 10.1. The molecule has 116 valence electrons. The Morgan fingerprint density at radius 1 is 1.27 bits per heavy atom. The van der Waals surface area contributed by atoms with Crippen molar-refractivity contribution in [3.8, 4) is 5.75 Å². The van der Waals surface area contributed by atoms with Gasteiger partial charge in [-0.15, -0.1) is 0 Å². The van der Waals surface area contributed by atoms with Crippen LogP contribution in [0.15, 0.2) is 48.5 Å². The first-order valence-corrected chi connectivity index (χ1v) is 8.72. The van der Waals surface area contributed by atoms with Crippen molar-refractivity contribution in [3.05, 3.63) is 64.7 Å². The zero-order valence-corrected chi connectivity index (χ0v) is 13.5. The van der Waals surface area contributed by atoms with E-state index in [2.05, 4.69) is 5.32 Å². The molecule has 0 bridgehead atoms. The molecule has 1 amide bonds. The normalized spacial score (nSPS) is 13.4. The summed E-state index contributed by atoms with van der Waals surface area (Å²) in [6.45, 7) is 0. The monoisotopic (exact) mass is 337 g/mol. The van der Waals surface area contributed by atoms with Crippen molar-refractivity contribution in [1.82, 2.24) is 5.32 Å². The van der Waals surface area contributed by atoms with E-state index in [1.807, 2.05) is 30.3 Å². The lowest BCUT2D eigenvalue weighted by Crippen LogP contribution is -2.31. The lowest BCUT2D eigenvalue weighted by Gasteiger charge is -2.18. The molecule has 2 aromatic rings. The molecule has 2 rings (SSSR count). The summed E-state index contributed by atoms with van der Waals surface area (Å²) in [5.74, 6) is -0.0876. The molecule has 0 aliphatic heterocycles. The summed E-state index contributed by atoms with van der Waals surface area (Å²) in [5.41, 5.74) is 1.22. The lowest BCUT2D eigenvalue weighted by molar-refractivity contribution is 0.0940. The number of carbonyl (C=O) groups excluding carboxylic acids is 1. The predicted octanol–water partition coefficient (Wildman–Crippen LogP) is 2.90. The molecule has 2 N–H and O–H groups in total. The summed E-state index contributed by atoms with van der Waals surface area (Å²) < 4.78 is 11.5. The molecule has 2 aromatic carbocycles. The third-order valence-corrected chi connectivity index (χ3v) is 4.22. The summed E-state index contributed by atoms with van der Waals surface area (Å²) in [5, 5.41) is 12.4. The Balaban J connectivity index is 2.21. The van der Waals surface area contributed by atoms with Crippen LogP contribution in [0.2, 0.25) is 5.02 Å². The minimum atomic E-state index is -1.06. The van der Waals surface area contributed by atoms with Crippen molar-refractivity contribution < 1.29 is 14.1 Å². The minimum Gasteiger partial charge on any atom is -0.506 e. The van der Waals surface area contributed by atoms with Crippen molar-refractivity contribution in [2.24, 2.45) is 0 Å². The Hall–Kier alpha value is -1.85. The van der Waals surface area contributed by atoms with Crippen LogP contribution in [0, 0.1) is 0 Å². The van der Waals surface area contributed by atoms with Crippen molar-refractivity contribution in [2.75, 3.05) is 12.0 Å². The molecule has 0 aromatic heterocycles. The first-order chi connectivity index (χ1) is 10.5. The molecule has 0 heterocycles. The smallest absolute Gasteiger partial charge is 0.251 e. The van der Waals surface area contributed by atoms with E-state index in [0.717, 1.165) is 5.56 Å². The molecule has 22 heavy (non-hydrogen) atoms. The quantitative estimate of drug-likeness (QED) is 0.881. The van der Waals surface area contributed by atoms with Gasteiger partial charge in [0.25, 0.3) is 5.91 Å². The maximum absolute atomic E-state index is 12.3. The van der Waals surface area contributed by atoms with E-state index < -0.39 is 10.8 Å². The highest BCUT2D eigenvalue weighted by atomic mass is 35.5. The highest BCUT2D eigenvalue weighted by molar-refractivity contribution is 7.84. The number of hydrogen-bond donors (Lipinski definition) is 2. The molecule has 0 saturated carbocycles. The van der Waals surface area contributed by atoms with Crippen LogP contribution in [0.1, 0.15) is 22.0 Å². The molecule has 0 aliphatic rings. The Kier molecular flexibility index (Phi) is 5.57. The second kappa shape index (κ2) is 7.42. The first kappa shape index (κ1) is 16.5. The SMILES string of the molecule is C[S@@](=O)C[C@@H](NC(=O)c1ccc(O)c(Cl)c1)c1ccccc1. The van der Waals surface area contributed by atoms with E-state index in [4.69, 9.17) is 11.6 Å². The van der Waals surface area contributed by atoms with Gasteiger partial charge in [-0.25, -0.2) is 0 Å². The van der Waals surface area contributed by atoms with Crippen molar-refractivity contribution in [2.45, 2.75) is 6.04 Å². The minimum absolute atomic E-state index is 0.0764. The molecular formula is C16H16ClNO3S. The van der Waals surface area contributed by atoms with Crippen LogP contribution in [0.25, 0.3) is 0 Å². The van der Waals surface area contributed by atoms with E-state index in [-0.39, 0.29) is 22.7 Å². The van der Waals surface area contributed by atoms with Crippen LogP contribution in [0.3, 0.4) is 0 Å². The molecule has 0 fully saturated rings. The van der Waals surface area contributed by atoms with Gasteiger partial charge < -0.3 is 10.4 Å². The van der Waals surface area contributed by atoms with Crippen LogP contribution >= 0.6 is 11.6 Å². The summed E-state index contributed by atoms with van der Waals surface area (Å²) in [7, 11) is -1.06. The highest BCUT2D eigenvalue weighted by Gasteiger charge is 2.17. The number of phenolic OH excluding ortho intramolecular Hbond substituents is 1. The Bertz CT molecular complexity index is 691. The van der Waals surface area contributed by atoms with Gasteiger partial charge >= 0.3 is 0 Å². The number of amides is 1. The van der Waals surface area contributed by atoms with Crippen molar-refractivity contribution >= 4 is 28.3 Å². The molecule has 6 heteroatoms. The molecule has 0 radical (unpaired) electrons. The Labute approximate surface area is 136 Å². The molecule has 0 unspecified atom stereocenters. The van der Waals surface area contributed by atoms with Gasteiger partial charge in [-0.1, -0.05) is 41.9 Å². The number of aromatic hydroxyl groups is 1. The third kappa shape index (κ3) is 4.32. The first-order valence-electron chi connectivity index (χ1n) is 6.61. The van der Waals surface area contributed by atoms with Crippen LogP contribution in [-0.4, -0.2) is 27.2 Å². The van der Waals surface area contributed by atoms with E-state index in [1.54, 1.807) is 6.26 Å². The number of benzene rings is 2. The average molecular weight is 338 g/mol. The maximum atomic E-state index is 12.3. The zero-order chi connectivity index (χ0) is 16.1. The number of rotatable bonds is 5. The summed E-state index contributed by atoms with van der Waals surface area (Å²) in [6.07, 6.45) is 1.60. The van der Waals surface area contributed by atoms with Gasteiger partial charge in [0.2, 0.25) is 0 Å². The largest absolute Gasteiger partial charge is 0.506 e. The molecule has 0 aliphatic carbocycles. The molecular weight excluding hydrogens is 322 g/mol. The van der Waals surface area contributed by atoms with Crippen molar-refractivity contribution in [3.63, 3.8) is 0 Å². The summed E-state index contributed by atoms with van der Waals surface area (Å²) in [6, 6.07) is 13.3. The fourth-order valence-electron chi connectivity index (χ4n) is 2.03. The molecule has 0 saturated heterocycles. The van der Waals surface area contributed by atoms with Gasteiger partial charge in [0.1, 0.15) is 5.75 Å². The van der Waals surface area contributed by atoms with E-state index in [1.165, 1.54) is 18.2 Å². The fraction of sp³-hybridized carbons (Fsp3) is 0.188. The number of carbonyl (C=O) groups is 1. The van der Waals surface area contributed by atoms with Gasteiger partial charge in [0, 0.05) is 28.4 Å². The molecule has 2 atom stereocenters. The van der Waals surface area contributed by atoms with Crippen LogP contribution < -0.4 is 5.32 Å². The summed E-state index contributed by atoms with van der Waals surface area (Å²) >= 11 is 5.82. The second-order valence-corrected chi connectivity index (χ2v) is 6.73. The highest BCUT2D eigenvalue weighted by Crippen LogP contribution is 2.24. The average Bonchev–Trinajstić information content (AvgIpc) is 2.49. The standard InChI is InChI=1S/C16H16ClNO3S/c1-22(21)10-14(11-5-3-2-4-6-11)18-16(20)12-7-8-15(19)13(17)9-12/h2-9,14,19H,10H2,1H3,(H,18,20)/t14-,22-/m1/s1. The van der Waals surface area contributed by atoms with Gasteiger partial charge in [0.05, 0.1) is 11.1 Å². The summed E-state index contributed by atoms with van der Waals surface area (Å²) in [4.78, 5) is 12.3. The van der Waals surface area contributed by atoms with E-state index >= 15 is 0 Å². The van der Waals surface area contributed by atoms with Gasteiger partial charge in [-0.3, -0.25) is 9.00 Å². The second-order valence-electron chi connectivity index (χ2n) is 4.84. The van der Waals surface area contributed by atoms with Crippen molar-refractivity contribution in [1.29, 1.82) is 0 Å². The van der Waals surface area contributed by atoms with Gasteiger partial charge in [-0.2, -0.15) is 0 Å². The van der Waals surface area contributed by atoms with Gasteiger partial charge in [-0.05, 0) is 23.8 Å². The third-order valence-electron chi connectivity index (χ3n) is 3.12. The molecule has 4 nitrogen and oxygen atoms in total. The van der Waals surface area contributed by atoms with Gasteiger partial charge in [0.15, 0.2) is 0 Å². The number of hydrogen-bond acceptors (Lipinski definition) is 3. The van der Waals surface area contributed by atoms with Crippen LogP contribution in [0.5, 0.6) is 5.75 Å². The van der Waals surface area contributed by atoms with Crippen LogP contribution in [0.4, 0.5) is 0 Å². The Morgan fingerprint density at radius 3 is 2.55 bits per heavy atom. The fourth-order valence-corrected chi connectivity index (χ4v) is 2.96. The maximum Gasteiger partial charge on any atom is 0.251 e. The predicted molar refractivity (Wildman–Crippen MR) is 88.7 cm³/mol. The van der Waals surface area contributed by atoms with Crippen LogP contribution in [-0.2, 0) is 10.8 Å². The van der Waals surface area contributed by atoms with E-state index in [0.29, 0.717) is 11.3 Å². The topological polar surface area (TPSA) is 66.4 Å². The van der Waals surface area contributed by atoms with E-state index in [9.17, 15) is 14.1 Å². The molecule has 0 spiro atoms.